The summed E-state index contributed by atoms with van der Waals surface area (Å²) < 4.78 is 0. The molecule has 2 N–H and O–H groups in total. The minimum Gasteiger partial charge on any atom is -0.481 e. The van der Waals surface area contributed by atoms with Gasteiger partial charge in [-0.3, -0.25) is 9.59 Å². The molecule has 0 aromatic carbocycles. The second-order valence-corrected chi connectivity index (χ2v) is 5.70. The van der Waals surface area contributed by atoms with E-state index in [4.69, 9.17) is 10.2 Å². The zero-order valence-corrected chi connectivity index (χ0v) is 20.6. The van der Waals surface area contributed by atoms with Crippen LogP contribution >= 0.6 is 0 Å². The third-order valence-corrected chi connectivity index (χ3v) is 2.99. The largest absolute Gasteiger partial charge is 0.481 e. The Morgan fingerprint density at radius 2 is 0.760 bits per heavy atom. The molecule has 0 saturated heterocycles. The second-order valence-electron chi connectivity index (χ2n) is 5.70. The summed E-state index contributed by atoms with van der Waals surface area (Å²) in [6, 6.07) is 0. The fourth-order valence-electron chi connectivity index (χ4n) is 1.05. The summed E-state index contributed by atoms with van der Waals surface area (Å²) in [4.78, 5) is 19.7. The molecule has 0 rings (SSSR count). The normalized spacial score (nSPS) is 8.24. The zero-order valence-electron chi connectivity index (χ0n) is 17.7. The number of carbonyl (C=O) groups is 2. The van der Waals surface area contributed by atoms with Gasteiger partial charge in [0.15, 0.2) is 0 Å². The maximum atomic E-state index is 9.87. The molecule has 5 heteroatoms. The molecular weight excluding hydrogens is 423 g/mol. The average Bonchev–Trinajstić information content (AvgIpc) is 2.56. The van der Waals surface area contributed by atoms with Crippen LogP contribution in [0, 0.1) is 0 Å². The van der Waals surface area contributed by atoms with Gasteiger partial charge in [0.1, 0.15) is 0 Å². The molecule has 152 valence electrons. The SMILES string of the molecule is CCCC.CCCC.CCCCCC(=O)O.CCCCCC(=O)O.[Sn]. The minimum absolute atomic E-state index is 0. The summed E-state index contributed by atoms with van der Waals surface area (Å²) >= 11 is 0. The molecular formula is C20H44O4Sn. The molecule has 0 spiro atoms. The molecule has 0 atom stereocenters. The molecule has 0 fully saturated rings. The van der Waals surface area contributed by atoms with E-state index in [0.717, 1.165) is 38.5 Å². The van der Waals surface area contributed by atoms with E-state index in [1.54, 1.807) is 0 Å². The molecule has 0 aromatic rings. The van der Waals surface area contributed by atoms with Gasteiger partial charge in [-0.1, -0.05) is 92.9 Å². The molecule has 0 amide bonds. The van der Waals surface area contributed by atoms with E-state index in [-0.39, 0.29) is 23.9 Å². The first-order chi connectivity index (χ1) is 11.4. The maximum absolute atomic E-state index is 9.87. The number of hydrogen-bond donors (Lipinski definition) is 2. The van der Waals surface area contributed by atoms with Gasteiger partial charge in [-0.05, 0) is 12.8 Å². The Hall–Kier alpha value is -0.261. The third-order valence-electron chi connectivity index (χ3n) is 2.99. The Kier molecular flexibility index (Phi) is 55.8. The molecule has 0 saturated carbocycles. The van der Waals surface area contributed by atoms with E-state index in [1.807, 2.05) is 0 Å². The first-order valence-electron chi connectivity index (χ1n) is 9.81. The summed E-state index contributed by atoms with van der Waals surface area (Å²) in [5, 5.41) is 16.3. The van der Waals surface area contributed by atoms with Gasteiger partial charge in [0.2, 0.25) is 0 Å². The van der Waals surface area contributed by atoms with E-state index in [1.165, 1.54) is 25.7 Å². The van der Waals surface area contributed by atoms with E-state index < -0.39 is 11.9 Å². The summed E-state index contributed by atoms with van der Waals surface area (Å²) in [7, 11) is 0. The Morgan fingerprint density at radius 3 is 0.880 bits per heavy atom. The van der Waals surface area contributed by atoms with Crippen molar-refractivity contribution in [1.29, 1.82) is 0 Å². The van der Waals surface area contributed by atoms with E-state index in [2.05, 4.69) is 41.5 Å². The van der Waals surface area contributed by atoms with E-state index >= 15 is 0 Å². The molecule has 4 nitrogen and oxygen atoms in total. The van der Waals surface area contributed by atoms with Crippen molar-refractivity contribution in [2.75, 3.05) is 0 Å². The smallest absolute Gasteiger partial charge is 0.303 e. The maximum Gasteiger partial charge on any atom is 0.303 e. The van der Waals surface area contributed by atoms with Crippen molar-refractivity contribution in [3.05, 3.63) is 0 Å². The van der Waals surface area contributed by atoms with Gasteiger partial charge in [-0.25, -0.2) is 0 Å². The molecule has 25 heavy (non-hydrogen) atoms. The summed E-state index contributed by atoms with van der Waals surface area (Å²) in [5.74, 6) is -1.36. The van der Waals surface area contributed by atoms with Crippen LogP contribution in [0.15, 0.2) is 0 Å². The second kappa shape index (κ2) is 39.0. The quantitative estimate of drug-likeness (QED) is 0.283. The van der Waals surface area contributed by atoms with Crippen molar-refractivity contribution in [1.82, 2.24) is 0 Å². The molecule has 0 heterocycles. The van der Waals surface area contributed by atoms with Crippen LogP contribution in [0.25, 0.3) is 0 Å². The molecule has 0 unspecified atom stereocenters. The van der Waals surface area contributed by atoms with Crippen LogP contribution in [0.2, 0.25) is 0 Å². The molecule has 0 aliphatic rings. The van der Waals surface area contributed by atoms with Crippen LogP contribution in [0.4, 0.5) is 0 Å². The number of hydrogen-bond acceptors (Lipinski definition) is 2. The van der Waals surface area contributed by atoms with E-state index in [9.17, 15) is 9.59 Å². The number of rotatable bonds is 10. The van der Waals surface area contributed by atoms with Crippen molar-refractivity contribution >= 4 is 35.8 Å². The van der Waals surface area contributed by atoms with Crippen molar-refractivity contribution in [3.63, 3.8) is 0 Å². The van der Waals surface area contributed by atoms with Crippen molar-refractivity contribution in [2.24, 2.45) is 0 Å². The van der Waals surface area contributed by atoms with Gasteiger partial charge >= 0.3 is 11.9 Å². The number of carboxylic acid groups (broad SMARTS) is 2. The Labute approximate surface area is 174 Å². The number of aliphatic carboxylic acids is 2. The first-order valence-corrected chi connectivity index (χ1v) is 9.81. The van der Waals surface area contributed by atoms with Crippen LogP contribution in [0.1, 0.15) is 119 Å². The topological polar surface area (TPSA) is 74.6 Å². The van der Waals surface area contributed by atoms with Gasteiger partial charge < -0.3 is 10.2 Å². The van der Waals surface area contributed by atoms with Crippen LogP contribution in [0.5, 0.6) is 0 Å². The van der Waals surface area contributed by atoms with Crippen LogP contribution in [0.3, 0.4) is 0 Å². The Balaban J connectivity index is -0.0000000739. The fourth-order valence-corrected chi connectivity index (χ4v) is 1.05. The Bertz CT molecular complexity index is 206. The monoisotopic (exact) mass is 468 g/mol. The minimum atomic E-state index is -0.682. The molecule has 0 aliphatic carbocycles. The van der Waals surface area contributed by atoms with Gasteiger partial charge in [0.25, 0.3) is 0 Å². The van der Waals surface area contributed by atoms with Crippen LogP contribution < -0.4 is 0 Å². The fraction of sp³-hybridized carbons (Fsp3) is 0.900. The molecule has 0 aliphatic heterocycles. The predicted octanol–water partition coefficient (Wildman–Crippen LogP) is 6.53. The van der Waals surface area contributed by atoms with E-state index in [0.29, 0.717) is 12.8 Å². The molecule has 0 bridgehead atoms. The van der Waals surface area contributed by atoms with Gasteiger partial charge in [0.05, 0.1) is 0 Å². The van der Waals surface area contributed by atoms with Crippen molar-refractivity contribution in [2.45, 2.75) is 119 Å². The first kappa shape index (κ1) is 35.8. The van der Waals surface area contributed by atoms with Crippen molar-refractivity contribution < 1.29 is 19.8 Å². The summed E-state index contributed by atoms with van der Waals surface area (Å²) in [6.45, 7) is 12.8. The summed E-state index contributed by atoms with van der Waals surface area (Å²) in [5.41, 5.74) is 0. The zero-order chi connectivity index (χ0) is 19.6. The average molecular weight is 467 g/mol. The molecule has 4 radical (unpaired) electrons. The van der Waals surface area contributed by atoms with Crippen LogP contribution in [-0.4, -0.2) is 46.1 Å². The Morgan fingerprint density at radius 1 is 0.520 bits per heavy atom. The summed E-state index contributed by atoms with van der Waals surface area (Å²) in [6.07, 6.45) is 11.8. The van der Waals surface area contributed by atoms with Crippen LogP contribution in [-0.2, 0) is 9.59 Å². The third kappa shape index (κ3) is 81.4. The number of unbranched alkanes of at least 4 members (excludes halogenated alkanes) is 6. The van der Waals surface area contributed by atoms with Crippen molar-refractivity contribution in [3.8, 4) is 0 Å². The number of carboxylic acids is 2. The molecule has 0 aromatic heterocycles. The predicted molar refractivity (Wildman–Crippen MR) is 110 cm³/mol. The van der Waals surface area contributed by atoms with Gasteiger partial charge in [0, 0.05) is 36.7 Å². The van der Waals surface area contributed by atoms with Gasteiger partial charge in [-0.15, -0.1) is 0 Å². The standard InChI is InChI=1S/2C6H12O2.2C4H10.Sn/c2*1-2-3-4-5-6(7)8;2*1-3-4-2;/h2*2-5H2,1H3,(H,7,8);2*3-4H2,1-2H3;. The van der Waals surface area contributed by atoms with Gasteiger partial charge in [-0.2, -0.15) is 0 Å².